The number of benzene rings is 2. The monoisotopic (exact) mass is 336 g/mol. The van der Waals surface area contributed by atoms with Crippen molar-refractivity contribution in [1.82, 2.24) is 10.6 Å². The lowest BCUT2D eigenvalue weighted by Crippen LogP contribution is -2.27. The summed E-state index contributed by atoms with van der Waals surface area (Å²) in [7, 11) is 1.56. The summed E-state index contributed by atoms with van der Waals surface area (Å²) in [5.74, 6) is -0.681. The van der Waals surface area contributed by atoms with E-state index in [0.717, 1.165) is 5.56 Å². The summed E-state index contributed by atoms with van der Waals surface area (Å²) in [6, 6.07) is 15.4. The maximum Gasteiger partial charge on any atom is 0.349 e. The zero-order valence-electron chi connectivity index (χ0n) is 13.5. The van der Waals surface area contributed by atoms with E-state index in [4.69, 9.17) is 4.42 Å². The van der Waals surface area contributed by atoms with Crippen LogP contribution in [0.4, 0.5) is 0 Å². The normalized spacial score (nSPS) is 10.4. The maximum atomic E-state index is 12.3. The van der Waals surface area contributed by atoms with Gasteiger partial charge in [-0.05, 0) is 29.8 Å². The van der Waals surface area contributed by atoms with E-state index in [1.54, 1.807) is 55.6 Å². The number of nitrogens with one attached hydrogen (secondary N) is 2. The van der Waals surface area contributed by atoms with Gasteiger partial charge in [-0.2, -0.15) is 0 Å². The molecule has 3 aromatic rings. The Bertz CT molecular complexity index is 990. The lowest BCUT2D eigenvalue weighted by atomic mass is 10.1. The van der Waals surface area contributed by atoms with E-state index < -0.39 is 11.5 Å². The minimum Gasteiger partial charge on any atom is -0.422 e. The molecule has 0 aliphatic carbocycles. The summed E-state index contributed by atoms with van der Waals surface area (Å²) >= 11 is 0. The van der Waals surface area contributed by atoms with Crippen molar-refractivity contribution in [2.45, 2.75) is 6.54 Å². The van der Waals surface area contributed by atoms with Crippen molar-refractivity contribution in [3.8, 4) is 0 Å². The predicted octanol–water partition coefficient (Wildman–Crippen LogP) is 2.08. The van der Waals surface area contributed by atoms with E-state index in [1.807, 2.05) is 0 Å². The molecule has 0 atom stereocenters. The molecule has 0 unspecified atom stereocenters. The lowest BCUT2D eigenvalue weighted by Gasteiger charge is -2.06. The minimum absolute atomic E-state index is 0.0410. The van der Waals surface area contributed by atoms with E-state index in [1.165, 1.54) is 6.07 Å². The molecule has 2 aromatic carbocycles. The van der Waals surface area contributed by atoms with Crippen LogP contribution < -0.4 is 16.3 Å². The van der Waals surface area contributed by atoms with Crippen LogP contribution in [0, 0.1) is 0 Å². The number of hydrogen-bond acceptors (Lipinski definition) is 4. The average Bonchev–Trinajstić information content (AvgIpc) is 2.65. The molecule has 3 rings (SSSR count). The van der Waals surface area contributed by atoms with Crippen LogP contribution in [0.2, 0.25) is 0 Å². The Morgan fingerprint density at radius 2 is 1.72 bits per heavy atom. The smallest absolute Gasteiger partial charge is 0.349 e. The Balaban J connectivity index is 1.73. The summed E-state index contributed by atoms with van der Waals surface area (Å²) in [5.41, 5.74) is 1.07. The van der Waals surface area contributed by atoms with Crippen molar-refractivity contribution in [1.29, 1.82) is 0 Å². The fourth-order valence-electron chi connectivity index (χ4n) is 2.42. The number of hydrogen-bond donors (Lipinski definition) is 2. The van der Waals surface area contributed by atoms with Gasteiger partial charge in [0.15, 0.2) is 0 Å². The van der Waals surface area contributed by atoms with E-state index >= 15 is 0 Å². The number of carbonyl (C=O) groups excluding carboxylic acids is 2. The van der Waals surface area contributed by atoms with Crippen molar-refractivity contribution < 1.29 is 14.0 Å². The molecule has 0 fully saturated rings. The molecule has 2 amide bonds. The molecule has 126 valence electrons. The maximum absolute atomic E-state index is 12.3. The van der Waals surface area contributed by atoms with Crippen molar-refractivity contribution in [3.63, 3.8) is 0 Å². The highest BCUT2D eigenvalue weighted by atomic mass is 16.4. The van der Waals surface area contributed by atoms with Gasteiger partial charge in [0.1, 0.15) is 11.1 Å². The van der Waals surface area contributed by atoms with Crippen molar-refractivity contribution in [2.75, 3.05) is 7.05 Å². The highest BCUT2D eigenvalue weighted by Crippen LogP contribution is 2.12. The van der Waals surface area contributed by atoms with Crippen LogP contribution in [0.1, 0.15) is 26.3 Å². The Labute approximate surface area is 143 Å². The third-order valence-electron chi connectivity index (χ3n) is 3.78. The number of para-hydroxylation sites is 1. The van der Waals surface area contributed by atoms with Crippen LogP contribution >= 0.6 is 0 Å². The van der Waals surface area contributed by atoms with Crippen molar-refractivity contribution in [2.24, 2.45) is 0 Å². The fraction of sp³-hybridized carbons (Fsp3) is 0.105. The van der Waals surface area contributed by atoms with E-state index in [2.05, 4.69) is 10.6 Å². The molecule has 0 spiro atoms. The van der Waals surface area contributed by atoms with E-state index in [-0.39, 0.29) is 18.0 Å². The van der Waals surface area contributed by atoms with Gasteiger partial charge in [-0.1, -0.05) is 30.3 Å². The number of fused-ring (bicyclic) bond motifs is 1. The third kappa shape index (κ3) is 3.58. The van der Waals surface area contributed by atoms with Crippen molar-refractivity contribution >= 4 is 22.8 Å². The molecule has 2 N–H and O–H groups in total. The van der Waals surface area contributed by atoms with E-state index in [0.29, 0.717) is 16.5 Å². The molecule has 6 nitrogen and oxygen atoms in total. The molecule has 0 aliphatic heterocycles. The number of rotatable bonds is 4. The molecule has 1 heterocycles. The summed E-state index contributed by atoms with van der Waals surface area (Å²) in [6.45, 7) is 0.235. The summed E-state index contributed by atoms with van der Waals surface area (Å²) in [6.07, 6.45) is 0. The Hall–Kier alpha value is -3.41. The van der Waals surface area contributed by atoms with Gasteiger partial charge in [0, 0.05) is 24.5 Å². The Morgan fingerprint density at radius 3 is 2.44 bits per heavy atom. The highest BCUT2D eigenvalue weighted by molar-refractivity contribution is 5.96. The van der Waals surface area contributed by atoms with Crippen LogP contribution in [-0.2, 0) is 6.54 Å². The quantitative estimate of drug-likeness (QED) is 0.714. The summed E-state index contributed by atoms with van der Waals surface area (Å²) in [5, 5.41) is 5.91. The standard InChI is InChI=1S/C19H16N2O4/c1-20-17(22)13-8-6-12(7-9-13)11-21-18(23)15-10-14-4-2-3-5-16(14)25-19(15)24/h2-10H,11H2,1H3,(H,20,22)(H,21,23). The van der Waals surface area contributed by atoms with Crippen LogP contribution in [0.15, 0.2) is 63.8 Å². The molecular formula is C19H16N2O4. The lowest BCUT2D eigenvalue weighted by molar-refractivity contribution is 0.0943. The second-order valence-electron chi connectivity index (χ2n) is 5.44. The molecular weight excluding hydrogens is 320 g/mol. The molecule has 1 aromatic heterocycles. The largest absolute Gasteiger partial charge is 0.422 e. The predicted molar refractivity (Wildman–Crippen MR) is 93.5 cm³/mol. The number of amides is 2. The molecule has 0 radical (unpaired) electrons. The highest BCUT2D eigenvalue weighted by Gasteiger charge is 2.13. The van der Waals surface area contributed by atoms with Gasteiger partial charge >= 0.3 is 5.63 Å². The topological polar surface area (TPSA) is 88.4 Å². The molecule has 0 saturated heterocycles. The third-order valence-corrected chi connectivity index (χ3v) is 3.78. The van der Waals surface area contributed by atoms with Gasteiger partial charge in [0.05, 0.1) is 0 Å². The van der Waals surface area contributed by atoms with Crippen molar-refractivity contribution in [3.05, 3.63) is 81.7 Å². The first-order chi connectivity index (χ1) is 12.1. The number of carbonyl (C=O) groups is 2. The van der Waals surface area contributed by atoms with Gasteiger partial charge in [0.25, 0.3) is 11.8 Å². The molecule has 25 heavy (non-hydrogen) atoms. The van der Waals surface area contributed by atoms with Gasteiger partial charge in [-0.15, -0.1) is 0 Å². The average molecular weight is 336 g/mol. The first kappa shape index (κ1) is 16.4. The van der Waals surface area contributed by atoms with Crippen LogP contribution in [0.25, 0.3) is 11.0 Å². The van der Waals surface area contributed by atoms with Crippen LogP contribution in [0.5, 0.6) is 0 Å². The minimum atomic E-state index is -0.675. The zero-order chi connectivity index (χ0) is 17.8. The molecule has 6 heteroatoms. The van der Waals surface area contributed by atoms with Gasteiger partial charge in [0.2, 0.25) is 0 Å². The summed E-state index contributed by atoms with van der Waals surface area (Å²) in [4.78, 5) is 35.7. The Kier molecular flexibility index (Phi) is 4.61. The van der Waals surface area contributed by atoms with E-state index in [9.17, 15) is 14.4 Å². The van der Waals surface area contributed by atoms with Crippen LogP contribution in [-0.4, -0.2) is 18.9 Å². The van der Waals surface area contributed by atoms with Gasteiger partial charge in [-0.25, -0.2) is 4.79 Å². The van der Waals surface area contributed by atoms with Gasteiger partial charge < -0.3 is 15.1 Å². The first-order valence-electron chi connectivity index (χ1n) is 7.70. The second-order valence-corrected chi connectivity index (χ2v) is 5.44. The SMILES string of the molecule is CNC(=O)c1ccc(CNC(=O)c2cc3ccccc3oc2=O)cc1. The van der Waals surface area contributed by atoms with Crippen LogP contribution in [0.3, 0.4) is 0 Å². The molecule has 0 aliphatic rings. The zero-order valence-corrected chi connectivity index (χ0v) is 13.5. The summed E-state index contributed by atoms with van der Waals surface area (Å²) < 4.78 is 5.16. The second kappa shape index (κ2) is 7.00. The molecule has 0 bridgehead atoms. The fourth-order valence-corrected chi connectivity index (χ4v) is 2.42. The van der Waals surface area contributed by atoms with Gasteiger partial charge in [-0.3, -0.25) is 9.59 Å². The molecule has 0 saturated carbocycles. The Morgan fingerprint density at radius 1 is 1.00 bits per heavy atom. The first-order valence-corrected chi connectivity index (χ1v) is 7.70.